The van der Waals surface area contributed by atoms with Gasteiger partial charge in [-0.25, -0.2) is 0 Å². The van der Waals surface area contributed by atoms with Gasteiger partial charge in [0, 0.05) is 25.4 Å². The molecule has 40 heavy (non-hydrogen) atoms. The number of carbonyl (C=O) groups is 1. The molecular formula is C33H48BrClN2O2S. The van der Waals surface area contributed by atoms with Crippen molar-refractivity contribution in [2.24, 2.45) is 0 Å². The van der Waals surface area contributed by atoms with Crippen molar-refractivity contribution in [3.8, 4) is 5.75 Å². The Morgan fingerprint density at radius 1 is 0.925 bits per heavy atom. The second-order valence-corrected chi connectivity index (χ2v) is 11.9. The summed E-state index contributed by atoms with van der Waals surface area (Å²) in [5.74, 6) is 1.68. The molecule has 2 aromatic carbocycles. The fourth-order valence-electron chi connectivity index (χ4n) is 4.92. The van der Waals surface area contributed by atoms with Crippen LogP contribution in [0.3, 0.4) is 0 Å². The van der Waals surface area contributed by atoms with E-state index in [4.69, 9.17) is 16.3 Å². The van der Waals surface area contributed by atoms with Gasteiger partial charge in [-0.1, -0.05) is 107 Å². The molecule has 4 nitrogen and oxygen atoms in total. The molecule has 0 fully saturated rings. The molecule has 0 radical (unpaired) electrons. The van der Waals surface area contributed by atoms with Gasteiger partial charge in [-0.3, -0.25) is 4.79 Å². The minimum atomic E-state index is 0. The van der Waals surface area contributed by atoms with E-state index in [1.54, 1.807) is 18.7 Å². The molecule has 0 saturated carbocycles. The lowest BCUT2D eigenvalue weighted by Crippen LogP contribution is -2.28. The minimum Gasteiger partial charge on any atom is -0.492 e. The number of nitrogens with zero attached hydrogens (tertiary/aromatic N) is 2. The Labute approximate surface area is 262 Å². The molecule has 222 valence electrons. The summed E-state index contributed by atoms with van der Waals surface area (Å²) in [7, 11) is 0. The Morgan fingerprint density at radius 3 is 2.23 bits per heavy atom. The number of anilines is 1. The van der Waals surface area contributed by atoms with Crippen LogP contribution in [0.15, 0.2) is 54.1 Å². The summed E-state index contributed by atoms with van der Waals surface area (Å²) in [5, 5.41) is 2.73. The third kappa shape index (κ3) is 12.9. The van der Waals surface area contributed by atoms with Gasteiger partial charge < -0.3 is 14.5 Å². The molecule has 0 aliphatic carbocycles. The number of hydrogen-bond donors (Lipinski definition) is 0. The van der Waals surface area contributed by atoms with E-state index in [0.717, 1.165) is 30.1 Å². The molecule has 7 heteroatoms. The maximum absolute atomic E-state index is 12.6. The largest absolute Gasteiger partial charge is 0.492 e. The monoisotopic (exact) mass is 650 g/mol. The van der Waals surface area contributed by atoms with Gasteiger partial charge in [0.15, 0.2) is 0 Å². The lowest BCUT2D eigenvalue weighted by atomic mass is 10.1. The number of rotatable bonds is 19. The van der Waals surface area contributed by atoms with E-state index >= 15 is 0 Å². The van der Waals surface area contributed by atoms with E-state index in [1.165, 1.54) is 76.2 Å². The van der Waals surface area contributed by atoms with Crippen LogP contribution in [0.4, 0.5) is 5.69 Å². The summed E-state index contributed by atoms with van der Waals surface area (Å²) >= 11 is 8.24. The van der Waals surface area contributed by atoms with E-state index in [-0.39, 0.29) is 22.9 Å². The lowest BCUT2D eigenvalue weighted by Gasteiger charge is -2.23. The zero-order valence-electron chi connectivity index (χ0n) is 24.4. The molecule has 2 aromatic rings. The van der Waals surface area contributed by atoms with Crippen LogP contribution in [0, 0.1) is 0 Å². The van der Waals surface area contributed by atoms with E-state index in [2.05, 4.69) is 35.6 Å². The van der Waals surface area contributed by atoms with Crippen molar-refractivity contribution in [1.29, 1.82) is 0 Å². The molecule has 1 aliphatic rings. The molecule has 3 rings (SSSR count). The first-order valence-corrected chi connectivity index (χ1v) is 16.3. The zero-order chi connectivity index (χ0) is 27.7. The summed E-state index contributed by atoms with van der Waals surface area (Å²) < 4.78 is 6.06. The van der Waals surface area contributed by atoms with Gasteiger partial charge in [0.1, 0.15) is 5.75 Å². The van der Waals surface area contributed by atoms with Gasteiger partial charge in [0.25, 0.3) is 0 Å². The van der Waals surface area contributed by atoms with Gasteiger partial charge in [-0.2, -0.15) is 0 Å². The Kier molecular flexibility index (Phi) is 17.5. The molecule has 0 spiro atoms. The van der Waals surface area contributed by atoms with Gasteiger partial charge in [-0.15, -0.1) is 28.7 Å². The average molecular weight is 652 g/mol. The number of ether oxygens (including phenoxy) is 1. The van der Waals surface area contributed by atoms with Crippen LogP contribution in [-0.2, 0) is 17.9 Å². The van der Waals surface area contributed by atoms with Crippen molar-refractivity contribution in [2.45, 2.75) is 104 Å². The molecule has 0 N–H and O–H groups in total. The normalized spacial score (nSPS) is 12.4. The number of benzene rings is 2. The second-order valence-electron chi connectivity index (χ2n) is 10.6. The SMILES string of the molecule is Br.CCCCCCCCCCCCCCOc1cc(CN(C(C)=O)c2cccc(CN3C=CSC3)c2)ccc1Cl. The average Bonchev–Trinajstić information content (AvgIpc) is 3.44. The lowest BCUT2D eigenvalue weighted by molar-refractivity contribution is -0.116. The van der Waals surface area contributed by atoms with Crippen LogP contribution in [0.2, 0.25) is 5.02 Å². The summed E-state index contributed by atoms with van der Waals surface area (Å²) in [6, 6.07) is 14.1. The van der Waals surface area contributed by atoms with Crippen LogP contribution >= 0.6 is 40.3 Å². The number of amides is 1. The number of unbranched alkanes of at least 4 members (excludes halogenated alkanes) is 11. The summed E-state index contributed by atoms with van der Waals surface area (Å²) in [6.45, 7) is 5.87. The van der Waals surface area contributed by atoms with Crippen molar-refractivity contribution in [1.82, 2.24) is 4.90 Å². The van der Waals surface area contributed by atoms with Crippen molar-refractivity contribution in [3.05, 3.63) is 70.2 Å². The van der Waals surface area contributed by atoms with Gasteiger partial charge in [0.05, 0.1) is 24.1 Å². The summed E-state index contributed by atoms with van der Waals surface area (Å²) in [6.07, 6.45) is 18.0. The van der Waals surface area contributed by atoms with E-state index in [1.807, 2.05) is 35.2 Å². The number of thioether (sulfide) groups is 1. The number of carbonyl (C=O) groups excluding carboxylic acids is 1. The van der Waals surface area contributed by atoms with E-state index < -0.39 is 0 Å². The minimum absolute atomic E-state index is 0. The molecule has 0 aromatic heterocycles. The van der Waals surface area contributed by atoms with Crippen LogP contribution in [0.1, 0.15) is 102 Å². The first kappa shape index (κ1) is 34.6. The summed E-state index contributed by atoms with van der Waals surface area (Å²) in [4.78, 5) is 16.7. The highest BCUT2D eigenvalue weighted by Crippen LogP contribution is 2.28. The molecule has 0 atom stereocenters. The quantitative estimate of drug-likeness (QED) is 0.142. The van der Waals surface area contributed by atoms with E-state index in [0.29, 0.717) is 23.9 Å². The van der Waals surface area contributed by atoms with Crippen LogP contribution < -0.4 is 9.64 Å². The van der Waals surface area contributed by atoms with Crippen LogP contribution in [-0.4, -0.2) is 23.3 Å². The second kappa shape index (κ2) is 20.3. The Hall–Kier alpha value is -1.63. The van der Waals surface area contributed by atoms with Gasteiger partial charge in [0.2, 0.25) is 5.91 Å². The maximum atomic E-state index is 12.6. The van der Waals surface area contributed by atoms with Crippen molar-refractivity contribution < 1.29 is 9.53 Å². The molecule has 1 amide bonds. The summed E-state index contributed by atoms with van der Waals surface area (Å²) in [5.41, 5.74) is 3.10. The molecule has 0 unspecified atom stereocenters. The first-order chi connectivity index (χ1) is 19.1. The predicted octanol–water partition coefficient (Wildman–Crippen LogP) is 10.5. The Bertz CT molecular complexity index is 1040. The first-order valence-electron chi connectivity index (χ1n) is 14.9. The highest BCUT2D eigenvalue weighted by Gasteiger charge is 2.15. The van der Waals surface area contributed by atoms with Crippen molar-refractivity contribution >= 4 is 51.9 Å². The smallest absolute Gasteiger partial charge is 0.224 e. The number of hydrogen-bond acceptors (Lipinski definition) is 4. The molecule has 1 heterocycles. The maximum Gasteiger partial charge on any atom is 0.224 e. The van der Waals surface area contributed by atoms with E-state index in [9.17, 15) is 4.79 Å². The van der Waals surface area contributed by atoms with Crippen LogP contribution in [0.5, 0.6) is 5.75 Å². The third-order valence-electron chi connectivity index (χ3n) is 7.19. The van der Waals surface area contributed by atoms with Crippen LogP contribution in [0.25, 0.3) is 0 Å². The zero-order valence-corrected chi connectivity index (χ0v) is 27.7. The highest BCUT2D eigenvalue weighted by molar-refractivity contribution is 8.93. The predicted molar refractivity (Wildman–Crippen MR) is 179 cm³/mol. The topological polar surface area (TPSA) is 32.8 Å². The fourth-order valence-corrected chi connectivity index (χ4v) is 5.80. The Balaban J connectivity index is 0.00000560. The third-order valence-corrected chi connectivity index (χ3v) is 8.30. The van der Waals surface area contributed by atoms with Crippen molar-refractivity contribution in [3.63, 3.8) is 0 Å². The molecule has 0 bridgehead atoms. The number of halogens is 2. The highest BCUT2D eigenvalue weighted by atomic mass is 79.9. The Morgan fingerprint density at radius 2 is 1.60 bits per heavy atom. The molecule has 1 aliphatic heterocycles. The van der Waals surface area contributed by atoms with Gasteiger partial charge >= 0.3 is 0 Å². The fraction of sp³-hybridized carbons (Fsp3) is 0.545. The van der Waals surface area contributed by atoms with Crippen molar-refractivity contribution in [2.75, 3.05) is 17.4 Å². The molecule has 0 saturated heterocycles. The van der Waals surface area contributed by atoms with Gasteiger partial charge in [-0.05, 0) is 47.2 Å². The molecular weight excluding hydrogens is 604 g/mol. The standard InChI is InChI=1S/C33H47ClN2O2S.BrH/c1-3-4-5-6-7-8-9-10-11-12-13-14-21-38-33-24-30(18-19-32(33)34)26-36(28(2)37)31-17-15-16-29(23-31)25-35-20-22-39-27-35;/h15-20,22-24H,3-14,21,25-27H2,1-2H3;1H.